The fourth-order valence-corrected chi connectivity index (χ4v) is 8.32. The molecule has 242 valence electrons. The lowest BCUT2D eigenvalue weighted by atomic mass is 9.58. The number of amides is 1. The third-order valence-electron chi connectivity index (χ3n) is 11.2. The van der Waals surface area contributed by atoms with Crippen LogP contribution >= 0.6 is 11.6 Å². The van der Waals surface area contributed by atoms with E-state index in [9.17, 15) is 19.8 Å². The first-order valence-corrected chi connectivity index (χ1v) is 16.5. The second kappa shape index (κ2) is 11.9. The zero-order chi connectivity index (χ0) is 32.1. The minimum Gasteiger partial charge on any atom is -0.490 e. The summed E-state index contributed by atoms with van der Waals surface area (Å²) in [7, 11) is 2.89. The van der Waals surface area contributed by atoms with Crippen molar-refractivity contribution < 1.29 is 29.3 Å². The molecule has 1 spiro atoms. The highest BCUT2D eigenvalue weighted by Crippen LogP contribution is 2.52. The summed E-state index contributed by atoms with van der Waals surface area (Å²) in [6.45, 7) is 5.94. The Morgan fingerprint density at radius 3 is 2.69 bits per heavy atom. The van der Waals surface area contributed by atoms with Crippen LogP contribution in [0.25, 0.3) is 0 Å². The zero-order valence-electron chi connectivity index (χ0n) is 26.7. The van der Waals surface area contributed by atoms with Crippen LogP contribution in [0.4, 0.5) is 5.69 Å². The number of aliphatic hydroxyl groups is 2. The maximum atomic E-state index is 13.5. The van der Waals surface area contributed by atoms with E-state index in [1.165, 1.54) is 18.2 Å². The number of hydrogen-bond donors (Lipinski definition) is 2. The summed E-state index contributed by atoms with van der Waals surface area (Å²) in [5, 5.41) is 24.0. The standard InChI is InChI=1S/C36H45ClN2O6/c1-23-7-5-9-30(40)28-14-16-34(28,2)20-39-21-35(15-6-8-24-17-26(37)11-12-27(24)35)22-45-31-13-10-25(18-29(31)39)36(43,33(42)44-4)19-32(41)38(23)3/h5,9-13,17-18,23,28,30,40,43H,6-8,14-16,19-22H2,1-4H3/b9-5+/t23-,28+,30+,34?,35+,36-/m1/s1. The fraction of sp³-hybridized carbons (Fsp3) is 0.556. The van der Waals surface area contributed by atoms with Gasteiger partial charge in [0.25, 0.3) is 0 Å². The van der Waals surface area contributed by atoms with Gasteiger partial charge < -0.3 is 29.5 Å². The molecule has 2 N–H and O–H groups in total. The van der Waals surface area contributed by atoms with Gasteiger partial charge in [-0.3, -0.25) is 4.79 Å². The number of carbonyl (C=O) groups excluding carboxylic acids is 2. The number of methoxy groups -OCH3 is 1. The molecule has 1 fully saturated rings. The Morgan fingerprint density at radius 1 is 1.16 bits per heavy atom. The summed E-state index contributed by atoms with van der Waals surface area (Å²) in [5.41, 5.74) is 0.837. The van der Waals surface area contributed by atoms with Crippen LogP contribution in [0.1, 0.15) is 69.1 Å². The van der Waals surface area contributed by atoms with Crippen molar-refractivity contribution in [2.45, 2.75) is 82.0 Å². The SMILES string of the molecule is COC(=O)[C@@]1(O)CC(=O)N(C)[C@H](C)C/C=C/[C@H](O)[C@@H]2CCC2(C)CN2C[C@@]3(CCCc4cc(Cl)ccc43)COc3ccc1cc32. The predicted molar refractivity (Wildman–Crippen MR) is 174 cm³/mol. The Bertz CT molecular complexity index is 1510. The van der Waals surface area contributed by atoms with Crippen LogP contribution in [0.5, 0.6) is 5.75 Å². The average Bonchev–Trinajstić information content (AvgIpc) is 3.15. The molecule has 0 radical (unpaired) electrons. The normalized spacial score (nSPS) is 34.1. The number of aryl methyl sites for hydroxylation is 1. The Morgan fingerprint density at radius 2 is 1.96 bits per heavy atom. The molecule has 9 heteroatoms. The van der Waals surface area contributed by atoms with Crippen molar-refractivity contribution in [1.82, 2.24) is 4.90 Å². The van der Waals surface area contributed by atoms with Crippen molar-refractivity contribution >= 4 is 29.2 Å². The predicted octanol–water partition coefficient (Wildman–Crippen LogP) is 5.15. The molecule has 45 heavy (non-hydrogen) atoms. The number of carbonyl (C=O) groups is 2. The summed E-state index contributed by atoms with van der Waals surface area (Å²) in [5.74, 6) is -0.556. The summed E-state index contributed by atoms with van der Waals surface area (Å²) in [6, 6.07) is 11.2. The first-order valence-electron chi connectivity index (χ1n) is 16.1. The molecule has 1 amide bonds. The number of fused-ring (bicyclic) bond motifs is 4. The van der Waals surface area contributed by atoms with Gasteiger partial charge in [0.1, 0.15) is 5.75 Å². The topological polar surface area (TPSA) is 99.5 Å². The third kappa shape index (κ3) is 5.63. The number of nitrogens with zero attached hydrogens (tertiary/aromatic N) is 2. The van der Waals surface area contributed by atoms with Gasteiger partial charge in [-0.25, -0.2) is 4.79 Å². The lowest BCUT2D eigenvalue weighted by Gasteiger charge is -2.52. The summed E-state index contributed by atoms with van der Waals surface area (Å²) in [4.78, 5) is 30.6. The Kier molecular flexibility index (Phi) is 8.46. The van der Waals surface area contributed by atoms with Crippen LogP contribution in [-0.2, 0) is 31.8 Å². The molecule has 0 aromatic heterocycles. The van der Waals surface area contributed by atoms with Crippen LogP contribution in [0.3, 0.4) is 0 Å². The van der Waals surface area contributed by atoms with Crippen molar-refractivity contribution in [3.05, 3.63) is 70.3 Å². The minimum absolute atomic E-state index is 0.0625. The van der Waals surface area contributed by atoms with E-state index in [1.807, 2.05) is 25.1 Å². The number of ether oxygens (including phenoxy) is 2. The number of halogens is 1. The molecule has 1 saturated carbocycles. The molecule has 2 aromatic carbocycles. The number of esters is 1. The highest BCUT2D eigenvalue weighted by molar-refractivity contribution is 6.30. The molecule has 2 aromatic rings. The molecule has 2 bridgehead atoms. The molecular formula is C36H45ClN2O6. The molecule has 2 heterocycles. The van der Waals surface area contributed by atoms with E-state index in [1.54, 1.807) is 30.1 Å². The summed E-state index contributed by atoms with van der Waals surface area (Å²) in [6.07, 6.45) is 8.06. The Hall–Kier alpha value is -3.07. The van der Waals surface area contributed by atoms with Gasteiger partial charge in [0.2, 0.25) is 5.91 Å². The van der Waals surface area contributed by atoms with Gasteiger partial charge in [0.05, 0.1) is 31.9 Å². The van der Waals surface area contributed by atoms with Crippen molar-refractivity contribution in [2.24, 2.45) is 11.3 Å². The molecule has 2 aliphatic heterocycles. The lowest BCUT2D eigenvalue weighted by molar-refractivity contribution is -0.168. The quantitative estimate of drug-likeness (QED) is 0.330. The zero-order valence-corrected chi connectivity index (χ0v) is 27.5. The smallest absolute Gasteiger partial charge is 0.343 e. The van der Waals surface area contributed by atoms with Crippen molar-refractivity contribution in [2.75, 3.05) is 38.8 Å². The van der Waals surface area contributed by atoms with E-state index in [-0.39, 0.29) is 34.3 Å². The first kappa shape index (κ1) is 31.9. The van der Waals surface area contributed by atoms with Crippen LogP contribution < -0.4 is 9.64 Å². The fourth-order valence-electron chi connectivity index (χ4n) is 8.13. The molecule has 1 unspecified atom stereocenters. The summed E-state index contributed by atoms with van der Waals surface area (Å²) >= 11 is 6.43. The van der Waals surface area contributed by atoms with Crippen molar-refractivity contribution in [1.29, 1.82) is 0 Å². The molecular weight excluding hydrogens is 592 g/mol. The Balaban J connectivity index is 1.50. The number of anilines is 1. The Labute approximate surface area is 270 Å². The first-order chi connectivity index (χ1) is 21.4. The van der Waals surface area contributed by atoms with E-state index in [0.29, 0.717) is 31.9 Å². The van der Waals surface area contributed by atoms with Gasteiger partial charge in [-0.05, 0) is 97.7 Å². The van der Waals surface area contributed by atoms with E-state index >= 15 is 0 Å². The third-order valence-corrected chi connectivity index (χ3v) is 11.4. The molecule has 0 saturated heterocycles. The second-order valence-corrected chi connectivity index (χ2v) is 14.5. The largest absolute Gasteiger partial charge is 0.490 e. The second-order valence-electron chi connectivity index (χ2n) is 14.1. The number of rotatable bonds is 1. The van der Waals surface area contributed by atoms with E-state index in [0.717, 1.165) is 42.8 Å². The van der Waals surface area contributed by atoms with Crippen LogP contribution in [0.2, 0.25) is 5.02 Å². The number of hydrogen-bond acceptors (Lipinski definition) is 7. The minimum atomic E-state index is -2.19. The molecule has 6 rings (SSSR count). The van der Waals surface area contributed by atoms with Crippen LogP contribution in [0.15, 0.2) is 48.6 Å². The van der Waals surface area contributed by atoms with Crippen LogP contribution in [-0.4, -0.2) is 73.0 Å². The van der Waals surface area contributed by atoms with Gasteiger partial charge in [0.15, 0.2) is 5.60 Å². The average molecular weight is 637 g/mol. The van der Waals surface area contributed by atoms with Gasteiger partial charge in [-0.2, -0.15) is 0 Å². The van der Waals surface area contributed by atoms with Gasteiger partial charge >= 0.3 is 5.97 Å². The van der Waals surface area contributed by atoms with Gasteiger partial charge in [-0.1, -0.05) is 42.8 Å². The van der Waals surface area contributed by atoms with Crippen molar-refractivity contribution in [3.63, 3.8) is 0 Å². The van der Waals surface area contributed by atoms with Crippen molar-refractivity contribution in [3.8, 4) is 5.75 Å². The highest BCUT2D eigenvalue weighted by atomic mass is 35.5. The number of aliphatic hydroxyl groups excluding tert-OH is 1. The lowest BCUT2D eigenvalue weighted by Crippen LogP contribution is -2.54. The number of benzene rings is 2. The highest BCUT2D eigenvalue weighted by Gasteiger charge is 2.50. The molecule has 2 aliphatic carbocycles. The molecule has 6 atom stereocenters. The van der Waals surface area contributed by atoms with Gasteiger partial charge in [0, 0.05) is 36.6 Å². The van der Waals surface area contributed by atoms with Crippen LogP contribution in [0, 0.1) is 11.3 Å². The maximum absolute atomic E-state index is 13.5. The van der Waals surface area contributed by atoms with Gasteiger partial charge in [-0.15, -0.1) is 0 Å². The van der Waals surface area contributed by atoms with E-state index in [4.69, 9.17) is 21.1 Å². The van der Waals surface area contributed by atoms with E-state index < -0.39 is 24.1 Å². The maximum Gasteiger partial charge on any atom is 0.343 e. The monoisotopic (exact) mass is 636 g/mol. The molecule has 8 nitrogen and oxygen atoms in total. The summed E-state index contributed by atoms with van der Waals surface area (Å²) < 4.78 is 11.7. The molecule has 4 aliphatic rings. The van der Waals surface area contributed by atoms with E-state index in [2.05, 4.69) is 24.0 Å².